The second-order valence-corrected chi connectivity index (χ2v) is 7.32. The van der Waals surface area contributed by atoms with Crippen LogP contribution in [0, 0.1) is 0 Å². The summed E-state index contributed by atoms with van der Waals surface area (Å²) < 4.78 is 5.32. The maximum absolute atomic E-state index is 11.9. The van der Waals surface area contributed by atoms with E-state index in [0.29, 0.717) is 6.04 Å². The van der Waals surface area contributed by atoms with E-state index in [1.807, 2.05) is 45.0 Å². The Morgan fingerprint density at radius 2 is 1.95 bits per heavy atom. The molecule has 122 valence electrons. The highest BCUT2D eigenvalue weighted by Crippen LogP contribution is 2.26. The molecule has 4 nitrogen and oxygen atoms in total. The summed E-state index contributed by atoms with van der Waals surface area (Å²) in [5.74, 6) is 0. The van der Waals surface area contributed by atoms with E-state index in [1.54, 1.807) is 0 Å². The summed E-state index contributed by atoms with van der Waals surface area (Å²) in [6, 6.07) is 8.42. The minimum Gasteiger partial charge on any atom is -0.444 e. The van der Waals surface area contributed by atoms with Crippen LogP contribution in [0.4, 0.5) is 10.5 Å². The Labute approximate surface area is 137 Å². The lowest BCUT2D eigenvalue weighted by molar-refractivity contribution is 0.0494. The van der Waals surface area contributed by atoms with Crippen LogP contribution in [-0.2, 0) is 4.74 Å². The summed E-state index contributed by atoms with van der Waals surface area (Å²) in [5.41, 5.74) is 0.715. The number of nitrogens with one attached hydrogen (secondary N) is 1. The van der Waals surface area contributed by atoms with E-state index < -0.39 is 5.60 Å². The number of carbonyl (C=O) groups excluding carboxylic acids is 1. The topological polar surface area (TPSA) is 41.6 Å². The average Bonchev–Trinajstić information content (AvgIpc) is 2.38. The zero-order chi connectivity index (χ0) is 16.3. The molecule has 1 heterocycles. The van der Waals surface area contributed by atoms with Gasteiger partial charge < -0.3 is 15.0 Å². The Morgan fingerprint density at radius 1 is 1.32 bits per heavy atom. The summed E-state index contributed by atoms with van der Waals surface area (Å²) in [4.78, 5) is 14.2. The molecule has 2 atom stereocenters. The molecule has 2 rings (SSSR count). The van der Waals surface area contributed by atoms with Crippen LogP contribution in [0.3, 0.4) is 0 Å². The Hall–Kier alpha value is -1.42. The van der Waals surface area contributed by atoms with Crippen molar-refractivity contribution >= 4 is 23.4 Å². The van der Waals surface area contributed by atoms with Crippen LogP contribution < -0.4 is 10.2 Å². The van der Waals surface area contributed by atoms with Gasteiger partial charge in [-0.15, -0.1) is 0 Å². The van der Waals surface area contributed by atoms with Crippen molar-refractivity contribution in [3.05, 3.63) is 29.3 Å². The number of carbonyl (C=O) groups is 1. The zero-order valence-corrected chi connectivity index (χ0v) is 14.5. The number of halogens is 1. The molecule has 0 aromatic heterocycles. The Bertz CT molecular complexity index is 510. The fourth-order valence-electron chi connectivity index (χ4n) is 2.79. The Morgan fingerprint density at radius 3 is 2.50 bits per heavy atom. The molecule has 5 heteroatoms. The van der Waals surface area contributed by atoms with Gasteiger partial charge in [0.1, 0.15) is 5.60 Å². The molecule has 1 amide bonds. The Balaban J connectivity index is 1.90. The van der Waals surface area contributed by atoms with Gasteiger partial charge in [0.05, 0.1) is 0 Å². The van der Waals surface area contributed by atoms with Gasteiger partial charge in [-0.2, -0.15) is 0 Å². The summed E-state index contributed by atoms with van der Waals surface area (Å²) in [7, 11) is 0. The zero-order valence-electron chi connectivity index (χ0n) is 13.7. The van der Waals surface area contributed by atoms with Crippen LogP contribution in [0.2, 0.25) is 5.02 Å². The molecule has 0 spiro atoms. The van der Waals surface area contributed by atoms with Crippen molar-refractivity contribution in [2.24, 2.45) is 0 Å². The van der Waals surface area contributed by atoms with Gasteiger partial charge in [0.25, 0.3) is 0 Å². The van der Waals surface area contributed by atoms with Crippen molar-refractivity contribution in [1.82, 2.24) is 5.32 Å². The van der Waals surface area contributed by atoms with E-state index >= 15 is 0 Å². The summed E-state index contributed by atoms with van der Waals surface area (Å²) in [6.07, 6.45) is 1.48. The van der Waals surface area contributed by atoms with Crippen LogP contribution in [0.15, 0.2) is 24.3 Å². The molecular weight excluding hydrogens is 300 g/mol. The third-order valence-corrected chi connectivity index (χ3v) is 4.01. The lowest BCUT2D eigenvalue weighted by Crippen LogP contribution is -2.49. The molecule has 1 fully saturated rings. The van der Waals surface area contributed by atoms with Gasteiger partial charge in [0.15, 0.2) is 0 Å². The molecule has 0 saturated carbocycles. The molecule has 0 bridgehead atoms. The lowest BCUT2D eigenvalue weighted by Gasteiger charge is -2.39. The first-order chi connectivity index (χ1) is 10.2. The van der Waals surface area contributed by atoms with E-state index in [1.165, 1.54) is 5.69 Å². The van der Waals surface area contributed by atoms with Crippen molar-refractivity contribution in [2.45, 2.75) is 58.2 Å². The summed E-state index contributed by atoms with van der Waals surface area (Å²) >= 11 is 5.94. The molecular formula is C17H25ClN2O2. The second kappa shape index (κ2) is 6.78. The smallest absolute Gasteiger partial charge is 0.407 e. The number of anilines is 1. The maximum atomic E-state index is 11.9. The lowest BCUT2D eigenvalue weighted by atomic mass is 9.97. The van der Waals surface area contributed by atoms with Gasteiger partial charge in [-0.1, -0.05) is 11.6 Å². The number of benzene rings is 1. The van der Waals surface area contributed by atoms with Crippen LogP contribution in [0.1, 0.15) is 40.5 Å². The SMILES string of the molecule is CC1CC(NC(=O)OC(C)(C)C)CCN1c1ccc(Cl)cc1. The van der Waals surface area contributed by atoms with E-state index in [2.05, 4.69) is 17.1 Å². The number of hydrogen-bond donors (Lipinski definition) is 1. The molecule has 0 radical (unpaired) electrons. The highest BCUT2D eigenvalue weighted by molar-refractivity contribution is 6.30. The van der Waals surface area contributed by atoms with Crippen LogP contribution in [0.5, 0.6) is 0 Å². The van der Waals surface area contributed by atoms with Gasteiger partial charge in [0, 0.05) is 29.3 Å². The fourth-order valence-corrected chi connectivity index (χ4v) is 2.92. The maximum Gasteiger partial charge on any atom is 0.407 e. The molecule has 1 aliphatic rings. The molecule has 0 aliphatic carbocycles. The van der Waals surface area contributed by atoms with E-state index in [4.69, 9.17) is 16.3 Å². The molecule has 2 unspecified atom stereocenters. The third kappa shape index (κ3) is 4.80. The predicted octanol–water partition coefficient (Wildman–Crippen LogP) is 4.22. The highest BCUT2D eigenvalue weighted by atomic mass is 35.5. The summed E-state index contributed by atoms with van der Waals surface area (Å²) in [6.45, 7) is 8.70. The van der Waals surface area contributed by atoms with Crippen molar-refractivity contribution in [1.29, 1.82) is 0 Å². The number of nitrogens with zero attached hydrogens (tertiary/aromatic N) is 1. The number of hydrogen-bond acceptors (Lipinski definition) is 3. The van der Waals surface area contributed by atoms with E-state index in [9.17, 15) is 4.79 Å². The quantitative estimate of drug-likeness (QED) is 0.885. The van der Waals surface area contributed by atoms with Crippen molar-refractivity contribution < 1.29 is 9.53 Å². The van der Waals surface area contributed by atoms with Gasteiger partial charge in [-0.3, -0.25) is 0 Å². The molecule has 22 heavy (non-hydrogen) atoms. The monoisotopic (exact) mass is 324 g/mol. The van der Waals surface area contributed by atoms with Crippen LogP contribution in [0.25, 0.3) is 0 Å². The first-order valence-corrected chi connectivity index (χ1v) is 8.14. The van der Waals surface area contributed by atoms with E-state index in [-0.39, 0.29) is 12.1 Å². The van der Waals surface area contributed by atoms with Gasteiger partial charge in [-0.25, -0.2) is 4.79 Å². The van der Waals surface area contributed by atoms with Crippen LogP contribution >= 0.6 is 11.6 Å². The number of rotatable bonds is 2. The molecule has 1 saturated heterocycles. The van der Waals surface area contributed by atoms with Gasteiger partial charge in [-0.05, 0) is 64.8 Å². The average molecular weight is 325 g/mol. The first-order valence-electron chi connectivity index (χ1n) is 7.76. The van der Waals surface area contributed by atoms with Crippen LogP contribution in [-0.4, -0.2) is 30.3 Å². The minimum absolute atomic E-state index is 0.161. The minimum atomic E-state index is -0.459. The Kier molecular flexibility index (Phi) is 5.22. The number of alkyl carbamates (subject to hydrolysis) is 1. The highest BCUT2D eigenvalue weighted by Gasteiger charge is 2.28. The number of amides is 1. The van der Waals surface area contributed by atoms with E-state index in [0.717, 1.165) is 24.4 Å². The predicted molar refractivity (Wildman–Crippen MR) is 90.7 cm³/mol. The molecule has 1 aromatic carbocycles. The van der Waals surface area contributed by atoms with Crippen molar-refractivity contribution in [3.8, 4) is 0 Å². The summed E-state index contributed by atoms with van der Waals surface area (Å²) in [5, 5.41) is 3.73. The van der Waals surface area contributed by atoms with Gasteiger partial charge >= 0.3 is 6.09 Å². The van der Waals surface area contributed by atoms with Crippen molar-refractivity contribution in [3.63, 3.8) is 0 Å². The third-order valence-electron chi connectivity index (χ3n) is 3.76. The second-order valence-electron chi connectivity index (χ2n) is 6.89. The molecule has 1 N–H and O–H groups in total. The largest absolute Gasteiger partial charge is 0.444 e. The molecule has 1 aliphatic heterocycles. The molecule has 1 aromatic rings. The number of ether oxygens (including phenoxy) is 1. The fraction of sp³-hybridized carbons (Fsp3) is 0.588. The standard InChI is InChI=1S/C17H25ClN2O2/c1-12-11-14(19-16(21)22-17(2,3)4)9-10-20(12)15-7-5-13(18)6-8-15/h5-8,12,14H,9-11H2,1-4H3,(H,19,21). The van der Waals surface area contributed by atoms with Gasteiger partial charge in [0.2, 0.25) is 0 Å². The normalized spacial score (nSPS) is 22.3. The number of piperidine rings is 1. The van der Waals surface area contributed by atoms with Crippen molar-refractivity contribution in [2.75, 3.05) is 11.4 Å². The first kappa shape index (κ1) is 16.9.